The van der Waals surface area contributed by atoms with E-state index in [1.807, 2.05) is 73.3 Å². The normalized spacial score (nSPS) is 11.6. The maximum Gasteiger partial charge on any atom is 0.0963 e. The molecule has 5 aromatic carbocycles. The van der Waals surface area contributed by atoms with E-state index in [0.717, 1.165) is 100 Å². The molecule has 11 rings (SSSR count). The molecule has 0 fully saturated rings. The van der Waals surface area contributed by atoms with E-state index < -0.39 is 0 Å². The molecule has 6 aromatic heterocycles. The number of hydrogen-bond acceptors (Lipinski definition) is 4. The second kappa shape index (κ2) is 13.0. The fraction of sp³-hybridized carbons (Fsp3) is 0. The Hall–Kier alpha value is -7.70. The Labute approximate surface area is 322 Å². The molecule has 262 valence electrons. The lowest BCUT2D eigenvalue weighted by atomic mass is 9.97. The molecule has 6 nitrogen and oxygen atoms in total. The average Bonchev–Trinajstić information content (AvgIpc) is 3.79. The van der Waals surface area contributed by atoms with E-state index in [1.54, 1.807) is 0 Å². The zero-order valence-electron chi connectivity index (χ0n) is 30.2. The summed E-state index contributed by atoms with van der Waals surface area (Å²) in [6, 6.07) is 59.7. The van der Waals surface area contributed by atoms with Gasteiger partial charge < -0.3 is 9.13 Å². The van der Waals surface area contributed by atoms with Crippen molar-refractivity contribution in [3.8, 4) is 56.1 Å². The van der Waals surface area contributed by atoms with Crippen molar-refractivity contribution in [2.45, 2.75) is 0 Å². The predicted molar refractivity (Wildman–Crippen MR) is 228 cm³/mol. The second-order valence-corrected chi connectivity index (χ2v) is 14.0. The van der Waals surface area contributed by atoms with Gasteiger partial charge in [-0.2, -0.15) is 0 Å². The zero-order chi connectivity index (χ0) is 37.0. The summed E-state index contributed by atoms with van der Waals surface area (Å²) in [4.78, 5) is 19.0. The standard InChI is InChI=1S/C50H32N6/c1-3-24-51-43(16-1)37-12-6-14-39(29-37)55-45-22-20-35(31-41(45)49-47(55)18-8-26-53-49)33-10-5-11-34(28-33)36-21-23-46-42(32-36)50-48(19-9-27-54-50)56(46)40-15-7-13-38(30-40)44-17-2-4-25-52-44/h1-32H. The van der Waals surface area contributed by atoms with Gasteiger partial charge in [0, 0.05) is 58.1 Å². The highest BCUT2D eigenvalue weighted by Gasteiger charge is 2.17. The van der Waals surface area contributed by atoms with Crippen LogP contribution < -0.4 is 0 Å². The molecule has 0 bridgehead atoms. The molecule has 0 aliphatic heterocycles. The van der Waals surface area contributed by atoms with Gasteiger partial charge in [-0.15, -0.1) is 0 Å². The van der Waals surface area contributed by atoms with E-state index in [-0.39, 0.29) is 0 Å². The predicted octanol–water partition coefficient (Wildman–Crippen LogP) is 12.1. The molecule has 0 radical (unpaired) electrons. The number of fused-ring (bicyclic) bond motifs is 6. The Morgan fingerprint density at radius 3 is 1.21 bits per heavy atom. The van der Waals surface area contributed by atoms with E-state index in [1.165, 1.54) is 0 Å². The summed E-state index contributed by atoms with van der Waals surface area (Å²) in [5.74, 6) is 0. The smallest absolute Gasteiger partial charge is 0.0963 e. The van der Waals surface area contributed by atoms with E-state index in [2.05, 4.69) is 140 Å². The van der Waals surface area contributed by atoms with Gasteiger partial charge in [0.1, 0.15) is 0 Å². The van der Waals surface area contributed by atoms with Gasteiger partial charge in [-0.25, -0.2) is 0 Å². The van der Waals surface area contributed by atoms with Crippen LogP contribution in [-0.4, -0.2) is 29.1 Å². The van der Waals surface area contributed by atoms with E-state index in [4.69, 9.17) is 9.97 Å². The van der Waals surface area contributed by atoms with Gasteiger partial charge in [0.25, 0.3) is 0 Å². The highest BCUT2D eigenvalue weighted by molar-refractivity contribution is 6.10. The average molecular weight is 717 g/mol. The van der Waals surface area contributed by atoms with Crippen LogP contribution in [0.2, 0.25) is 0 Å². The summed E-state index contributed by atoms with van der Waals surface area (Å²) in [6.07, 6.45) is 7.43. The lowest BCUT2D eigenvalue weighted by Crippen LogP contribution is -1.95. The molecule has 6 heteroatoms. The van der Waals surface area contributed by atoms with E-state index in [0.29, 0.717) is 0 Å². The molecule has 0 amide bonds. The maximum absolute atomic E-state index is 4.89. The molecular formula is C50H32N6. The van der Waals surface area contributed by atoms with Crippen molar-refractivity contribution in [3.63, 3.8) is 0 Å². The van der Waals surface area contributed by atoms with E-state index >= 15 is 0 Å². The number of rotatable bonds is 6. The molecule has 0 unspecified atom stereocenters. The van der Waals surface area contributed by atoms with Crippen LogP contribution in [0.4, 0.5) is 0 Å². The number of pyridine rings is 4. The van der Waals surface area contributed by atoms with Gasteiger partial charge in [0.2, 0.25) is 0 Å². The molecule has 0 saturated carbocycles. The fourth-order valence-corrected chi connectivity index (χ4v) is 8.14. The highest BCUT2D eigenvalue weighted by atomic mass is 15.0. The lowest BCUT2D eigenvalue weighted by molar-refractivity contribution is 1.17. The van der Waals surface area contributed by atoms with Crippen LogP contribution in [0.5, 0.6) is 0 Å². The molecular weight excluding hydrogens is 685 g/mol. The van der Waals surface area contributed by atoms with Gasteiger partial charge in [0.05, 0.1) is 44.5 Å². The number of aromatic nitrogens is 6. The van der Waals surface area contributed by atoms with Crippen molar-refractivity contribution in [2.24, 2.45) is 0 Å². The first-order valence-electron chi connectivity index (χ1n) is 18.7. The Morgan fingerprint density at radius 1 is 0.286 bits per heavy atom. The van der Waals surface area contributed by atoms with Crippen LogP contribution in [0.15, 0.2) is 195 Å². The quantitative estimate of drug-likeness (QED) is 0.172. The van der Waals surface area contributed by atoms with Crippen LogP contribution >= 0.6 is 0 Å². The first-order valence-corrected chi connectivity index (χ1v) is 18.7. The van der Waals surface area contributed by atoms with Crippen LogP contribution in [0.1, 0.15) is 0 Å². The monoisotopic (exact) mass is 716 g/mol. The molecule has 0 aliphatic rings. The fourth-order valence-electron chi connectivity index (χ4n) is 8.14. The molecule has 56 heavy (non-hydrogen) atoms. The summed E-state index contributed by atoms with van der Waals surface area (Å²) in [5, 5.41) is 2.22. The molecule has 0 saturated heterocycles. The minimum atomic E-state index is 0.947. The molecule has 0 spiro atoms. The molecule has 0 atom stereocenters. The van der Waals surface area contributed by atoms with Crippen molar-refractivity contribution < 1.29 is 0 Å². The first-order chi connectivity index (χ1) is 27.8. The minimum Gasteiger partial charge on any atom is -0.308 e. The number of benzene rings is 5. The van der Waals surface area contributed by atoms with Crippen LogP contribution in [-0.2, 0) is 0 Å². The minimum absolute atomic E-state index is 0.947. The third-order valence-electron chi connectivity index (χ3n) is 10.7. The lowest BCUT2D eigenvalue weighted by Gasteiger charge is -2.11. The summed E-state index contributed by atoms with van der Waals surface area (Å²) >= 11 is 0. The summed E-state index contributed by atoms with van der Waals surface area (Å²) in [7, 11) is 0. The Balaban J connectivity index is 0.999. The number of hydrogen-bond donors (Lipinski definition) is 0. The van der Waals surface area contributed by atoms with Crippen molar-refractivity contribution in [2.75, 3.05) is 0 Å². The zero-order valence-corrected chi connectivity index (χ0v) is 30.2. The van der Waals surface area contributed by atoms with Crippen LogP contribution in [0.25, 0.3) is 100 Å². The summed E-state index contributed by atoms with van der Waals surface area (Å²) < 4.78 is 4.61. The van der Waals surface area contributed by atoms with Gasteiger partial charge in [0.15, 0.2) is 0 Å². The summed E-state index contributed by atoms with van der Waals surface area (Å²) in [5.41, 5.74) is 17.0. The van der Waals surface area contributed by atoms with Crippen LogP contribution in [0.3, 0.4) is 0 Å². The third-order valence-corrected chi connectivity index (χ3v) is 10.7. The van der Waals surface area contributed by atoms with Crippen molar-refractivity contribution >= 4 is 43.9 Å². The van der Waals surface area contributed by atoms with Crippen LogP contribution in [0, 0.1) is 0 Å². The molecule has 6 heterocycles. The van der Waals surface area contributed by atoms with Crippen molar-refractivity contribution in [1.82, 2.24) is 29.1 Å². The van der Waals surface area contributed by atoms with E-state index in [9.17, 15) is 0 Å². The van der Waals surface area contributed by atoms with Gasteiger partial charge in [-0.3, -0.25) is 19.9 Å². The van der Waals surface area contributed by atoms with Gasteiger partial charge in [-0.05, 0) is 125 Å². The Morgan fingerprint density at radius 2 is 0.732 bits per heavy atom. The largest absolute Gasteiger partial charge is 0.308 e. The van der Waals surface area contributed by atoms with Crippen molar-refractivity contribution in [3.05, 3.63) is 195 Å². The molecule has 11 aromatic rings. The second-order valence-electron chi connectivity index (χ2n) is 14.0. The maximum atomic E-state index is 4.89. The highest BCUT2D eigenvalue weighted by Crippen LogP contribution is 2.38. The Bertz CT molecular complexity index is 3040. The molecule has 0 N–H and O–H groups in total. The summed E-state index contributed by atoms with van der Waals surface area (Å²) in [6.45, 7) is 0. The Kier molecular flexibility index (Phi) is 7.38. The first kappa shape index (κ1) is 31.8. The van der Waals surface area contributed by atoms with Gasteiger partial charge >= 0.3 is 0 Å². The molecule has 0 aliphatic carbocycles. The van der Waals surface area contributed by atoms with Gasteiger partial charge in [-0.1, -0.05) is 66.7 Å². The van der Waals surface area contributed by atoms with Crippen molar-refractivity contribution in [1.29, 1.82) is 0 Å². The SMILES string of the molecule is c1ccc(-c2cccc(-n3c4ccc(-c5cccc(-c6ccc7c(c6)c6ncccc6n7-c6cccc(-c7ccccn7)c6)c5)cc4c4ncccc43)c2)nc1. The number of nitrogens with zero attached hydrogens (tertiary/aromatic N) is 6. The topological polar surface area (TPSA) is 61.4 Å². The third kappa shape index (κ3) is 5.27.